The summed E-state index contributed by atoms with van der Waals surface area (Å²) in [6.45, 7) is 1.79. The molecule has 2 aromatic carbocycles. The van der Waals surface area contributed by atoms with Crippen molar-refractivity contribution in [3.05, 3.63) is 69.4 Å². The molecule has 0 fully saturated rings. The van der Waals surface area contributed by atoms with Crippen LogP contribution in [0.4, 0.5) is 0 Å². The number of aliphatic carboxylic acids is 1. The summed E-state index contributed by atoms with van der Waals surface area (Å²) in [5.41, 5.74) is 3.48. The number of hydrogen-bond acceptors (Lipinski definition) is 3. The first-order valence-corrected chi connectivity index (χ1v) is 11.8. The standard InChI is InChI=1S/C26H28Cl2O4/c1-17(12-26(30)31)11-24(29)21-15-22-23(28)16-32-25(22)14-19(21)9-5-3-2-4-7-18-8-6-10-20(27)13-18/h6,8,10,13-17H,2-5,7,9,11-12H2,1H3,(H,30,31)/t17-/m0/s1. The molecule has 0 bridgehead atoms. The predicted octanol–water partition coefficient (Wildman–Crippen LogP) is 7.77. The maximum absolute atomic E-state index is 13.0. The van der Waals surface area contributed by atoms with E-state index in [9.17, 15) is 9.59 Å². The van der Waals surface area contributed by atoms with Gasteiger partial charge in [0.15, 0.2) is 5.78 Å². The Hall–Kier alpha value is -2.30. The highest BCUT2D eigenvalue weighted by atomic mass is 35.5. The molecule has 0 saturated carbocycles. The zero-order valence-corrected chi connectivity index (χ0v) is 19.7. The molecule has 32 heavy (non-hydrogen) atoms. The maximum atomic E-state index is 13.0. The van der Waals surface area contributed by atoms with E-state index in [-0.39, 0.29) is 24.5 Å². The molecule has 1 atom stereocenters. The van der Waals surface area contributed by atoms with Crippen molar-refractivity contribution in [1.29, 1.82) is 0 Å². The number of aryl methyl sites for hydroxylation is 2. The third kappa shape index (κ3) is 6.85. The van der Waals surface area contributed by atoms with Gasteiger partial charge >= 0.3 is 5.97 Å². The van der Waals surface area contributed by atoms with Crippen LogP contribution in [0.2, 0.25) is 10.0 Å². The van der Waals surface area contributed by atoms with Gasteiger partial charge in [-0.2, -0.15) is 0 Å². The Morgan fingerprint density at radius 3 is 2.47 bits per heavy atom. The lowest BCUT2D eigenvalue weighted by Crippen LogP contribution is -2.12. The highest BCUT2D eigenvalue weighted by Gasteiger charge is 2.19. The highest BCUT2D eigenvalue weighted by molar-refractivity contribution is 6.35. The molecular weight excluding hydrogens is 447 g/mol. The summed E-state index contributed by atoms with van der Waals surface area (Å²) in [7, 11) is 0. The van der Waals surface area contributed by atoms with Gasteiger partial charge in [-0.3, -0.25) is 9.59 Å². The smallest absolute Gasteiger partial charge is 0.303 e. The molecule has 170 valence electrons. The number of hydrogen-bond donors (Lipinski definition) is 1. The monoisotopic (exact) mass is 474 g/mol. The number of furan rings is 1. The number of fused-ring (bicyclic) bond motifs is 1. The first kappa shape index (κ1) is 24.3. The van der Waals surface area contributed by atoms with Gasteiger partial charge < -0.3 is 9.52 Å². The number of Topliss-reactive ketones (excluding diaryl/α,β-unsaturated/α-hetero) is 1. The number of carbonyl (C=O) groups excluding carboxylic acids is 1. The molecule has 0 radical (unpaired) electrons. The van der Waals surface area contributed by atoms with Crippen LogP contribution >= 0.6 is 23.2 Å². The molecule has 4 nitrogen and oxygen atoms in total. The second-order valence-electron chi connectivity index (χ2n) is 8.46. The molecule has 3 rings (SSSR count). The number of rotatable bonds is 12. The highest BCUT2D eigenvalue weighted by Crippen LogP contribution is 2.30. The van der Waals surface area contributed by atoms with E-state index in [1.807, 2.05) is 24.3 Å². The Bertz CT molecular complexity index is 1090. The molecule has 1 heterocycles. The fraction of sp³-hybridized carbons (Fsp3) is 0.385. The Morgan fingerprint density at radius 2 is 1.75 bits per heavy atom. The van der Waals surface area contributed by atoms with E-state index < -0.39 is 5.97 Å². The van der Waals surface area contributed by atoms with Gasteiger partial charge in [0.1, 0.15) is 11.8 Å². The summed E-state index contributed by atoms with van der Waals surface area (Å²) in [4.78, 5) is 23.9. The first-order chi connectivity index (χ1) is 15.3. The van der Waals surface area contributed by atoms with Crippen molar-refractivity contribution in [2.45, 2.75) is 58.3 Å². The lowest BCUT2D eigenvalue weighted by Gasteiger charge is -2.12. The van der Waals surface area contributed by atoms with Crippen molar-refractivity contribution >= 4 is 45.9 Å². The first-order valence-electron chi connectivity index (χ1n) is 11.0. The summed E-state index contributed by atoms with van der Waals surface area (Å²) in [6, 6.07) is 11.7. The molecule has 1 aromatic heterocycles. The normalized spacial score (nSPS) is 12.2. The summed E-state index contributed by atoms with van der Waals surface area (Å²) in [5.74, 6) is -1.17. The van der Waals surface area contributed by atoms with Gasteiger partial charge in [-0.15, -0.1) is 0 Å². The van der Waals surface area contributed by atoms with E-state index in [2.05, 4.69) is 6.07 Å². The molecule has 3 aromatic rings. The summed E-state index contributed by atoms with van der Waals surface area (Å²) in [6.07, 6.45) is 7.62. The van der Waals surface area contributed by atoms with E-state index in [4.69, 9.17) is 32.7 Å². The Labute approximate surface area is 198 Å². The molecule has 0 spiro atoms. The largest absolute Gasteiger partial charge is 0.481 e. The number of halogens is 2. The Kier molecular flexibility index (Phi) is 8.77. The molecule has 0 unspecified atom stereocenters. The van der Waals surface area contributed by atoms with Crippen LogP contribution in [-0.2, 0) is 17.6 Å². The number of benzene rings is 2. The van der Waals surface area contributed by atoms with Crippen molar-refractivity contribution in [2.24, 2.45) is 5.92 Å². The van der Waals surface area contributed by atoms with Crippen LogP contribution in [0, 0.1) is 5.92 Å². The Morgan fingerprint density at radius 1 is 1.00 bits per heavy atom. The van der Waals surface area contributed by atoms with E-state index in [1.165, 1.54) is 11.8 Å². The van der Waals surface area contributed by atoms with Crippen molar-refractivity contribution in [2.75, 3.05) is 0 Å². The van der Waals surface area contributed by atoms with Crippen molar-refractivity contribution in [1.82, 2.24) is 0 Å². The second kappa shape index (κ2) is 11.5. The second-order valence-corrected chi connectivity index (χ2v) is 9.31. The van der Waals surface area contributed by atoms with Crippen LogP contribution in [0.25, 0.3) is 11.0 Å². The topological polar surface area (TPSA) is 67.5 Å². The third-order valence-corrected chi connectivity index (χ3v) is 6.19. The average Bonchev–Trinajstić information content (AvgIpc) is 3.09. The molecule has 6 heteroatoms. The molecule has 1 N–H and O–H groups in total. The fourth-order valence-corrected chi connectivity index (χ4v) is 4.44. The third-order valence-electron chi connectivity index (χ3n) is 5.66. The van der Waals surface area contributed by atoms with Crippen LogP contribution in [0.15, 0.2) is 47.1 Å². The summed E-state index contributed by atoms with van der Waals surface area (Å²) in [5, 5.41) is 11.0. The fourth-order valence-electron chi connectivity index (χ4n) is 4.04. The Balaban J connectivity index is 1.61. The van der Waals surface area contributed by atoms with Gasteiger partial charge in [-0.1, -0.05) is 55.1 Å². The minimum atomic E-state index is -0.892. The predicted molar refractivity (Wildman–Crippen MR) is 129 cm³/mol. The average molecular weight is 475 g/mol. The molecule has 0 amide bonds. The van der Waals surface area contributed by atoms with Gasteiger partial charge in [0.05, 0.1) is 5.02 Å². The van der Waals surface area contributed by atoms with Crippen LogP contribution < -0.4 is 0 Å². The van der Waals surface area contributed by atoms with E-state index in [0.29, 0.717) is 21.6 Å². The summed E-state index contributed by atoms with van der Waals surface area (Å²) >= 11 is 12.2. The zero-order chi connectivity index (χ0) is 23.1. The quantitative estimate of drug-likeness (QED) is 0.215. The van der Waals surface area contributed by atoms with Gasteiger partial charge in [0.2, 0.25) is 0 Å². The van der Waals surface area contributed by atoms with Crippen molar-refractivity contribution < 1.29 is 19.1 Å². The molecule has 0 aliphatic rings. The van der Waals surface area contributed by atoms with Gasteiger partial charge in [0.25, 0.3) is 0 Å². The molecule has 0 aliphatic carbocycles. The van der Waals surface area contributed by atoms with Crippen molar-refractivity contribution in [3.63, 3.8) is 0 Å². The van der Waals surface area contributed by atoms with Gasteiger partial charge in [-0.05, 0) is 67.0 Å². The number of carboxylic acids is 1. The SMILES string of the molecule is C[C@H](CC(=O)O)CC(=O)c1cc2c(Cl)coc2cc1CCCCCCc1cccc(Cl)c1. The van der Waals surface area contributed by atoms with Crippen LogP contribution in [0.5, 0.6) is 0 Å². The summed E-state index contributed by atoms with van der Waals surface area (Å²) < 4.78 is 5.53. The molecule has 0 aliphatic heterocycles. The lowest BCUT2D eigenvalue weighted by molar-refractivity contribution is -0.137. The molecular formula is C26H28Cl2O4. The number of ketones is 1. The van der Waals surface area contributed by atoms with Crippen molar-refractivity contribution in [3.8, 4) is 0 Å². The van der Waals surface area contributed by atoms with Crippen LogP contribution in [0.1, 0.15) is 66.9 Å². The lowest BCUT2D eigenvalue weighted by atomic mass is 9.91. The van der Waals surface area contributed by atoms with Gasteiger partial charge in [-0.25, -0.2) is 0 Å². The van der Waals surface area contributed by atoms with E-state index in [0.717, 1.165) is 49.1 Å². The van der Waals surface area contributed by atoms with Crippen LogP contribution in [-0.4, -0.2) is 16.9 Å². The van der Waals surface area contributed by atoms with Gasteiger partial charge in [0, 0.05) is 28.8 Å². The number of carbonyl (C=O) groups is 2. The zero-order valence-electron chi connectivity index (χ0n) is 18.2. The minimum Gasteiger partial charge on any atom is -0.481 e. The molecule has 0 saturated heterocycles. The number of carboxylic acid groups (broad SMARTS) is 1. The minimum absolute atomic E-state index is 0.0254. The van der Waals surface area contributed by atoms with Crippen LogP contribution in [0.3, 0.4) is 0 Å². The number of unbranched alkanes of at least 4 members (excludes halogenated alkanes) is 3. The van der Waals surface area contributed by atoms with E-state index >= 15 is 0 Å². The maximum Gasteiger partial charge on any atom is 0.303 e. The van der Waals surface area contributed by atoms with E-state index in [1.54, 1.807) is 13.0 Å².